The van der Waals surface area contributed by atoms with Crippen LogP contribution in [-0.4, -0.2) is 49.6 Å². The molecule has 0 radical (unpaired) electrons. The van der Waals surface area contributed by atoms with Gasteiger partial charge in [0.1, 0.15) is 0 Å². The number of carbonyl (C=O) groups is 1. The Hall–Kier alpha value is -0.416. The molecule has 0 saturated carbocycles. The minimum Gasteiger partial charge on any atom is -0.504 e. The molecular formula is C15H35NO5Si2. The second-order valence-corrected chi connectivity index (χ2v) is 13.5. The minimum atomic E-state index is -2.73. The minimum absolute atomic E-state index is 0.162. The Morgan fingerprint density at radius 1 is 0.957 bits per heavy atom. The van der Waals surface area contributed by atoms with Crippen LogP contribution in [0.3, 0.4) is 0 Å². The van der Waals surface area contributed by atoms with Gasteiger partial charge in [-0.25, -0.2) is 4.79 Å². The fraction of sp³-hybridized carbons (Fsp3) is 0.933. The highest BCUT2D eigenvalue weighted by Crippen LogP contribution is 2.32. The van der Waals surface area contributed by atoms with Crippen molar-refractivity contribution in [1.82, 2.24) is 5.32 Å². The highest BCUT2D eigenvalue weighted by atomic mass is 28.4. The molecule has 0 spiro atoms. The normalized spacial score (nSPS) is 13.7. The molecule has 0 aliphatic heterocycles. The second-order valence-electron chi connectivity index (χ2n) is 6.23. The van der Waals surface area contributed by atoms with Crippen LogP contribution in [0.1, 0.15) is 40.5 Å². The number of rotatable bonds is 12. The largest absolute Gasteiger partial charge is 0.504 e. The average molecular weight is 366 g/mol. The predicted molar refractivity (Wildman–Crippen MR) is 97.1 cm³/mol. The molecule has 1 atom stereocenters. The number of hydrogen-bond acceptors (Lipinski definition) is 5. The number of hydrogen-bond donors (Lipinski definition) is 1. The summed E-state index contributed by atoms with van der Waals surface area (Å²) in [7, 11) is -4.59. The SMILES string of the molecule is CCO[Si](OCC)(OCC)C(CC)CCNC(=O)O[Si](C)(C)C. The van der Waals surface area contributed by atoms with E-state index in [2.05, 4.69) is 12.2 Å². The standard InChI is InChI=1S/C15H35NO5Si2/c1-8-14(12-13-16-15(17)21-22(5,6)7)23(18-9-2,19-10-3)20-11-4/h14H,8-13H2,1-7H3,(H,16,17). The first-order valence-corrected chi connectivity index (χ1v) is 13.8. The third kappa shape index (κ3) is 8.85. The molecule has 6 nitrogen and oxygen atoms in total. The molecule has 0 heterocycles. The molecule has 1 N–H and O–H groups in total. The highest BCUT2D eigenvalue weighted by molar-refractivity contribution is 6.71. The van der Waals surface area contributed by atoms with Crippen molar-refractivity contribution in [1.29, 1.82) is 0 Å². The summed E-state index contributed by atoms with van der Waals surface area (Å²) in [6.07, 6.45) is 1.30. The Kier molecular flexibility index (Phi) is 11.0. The van der Waals surface area contributed by atoms with Crippen molar-refractivity contribution < 1.29 is 22.5 Å². The molecule has 8 heteroatoms. The zero-order valence-electron chi connectivity index (χ0n) is 15.9. The maximum absolute atomic E-state index is 11.8. The molecule has 1 amide bonds. The van der Waals surface area contributed by atoms with E-state index in [-0.39, 0.29) is 11.6 Å². The molecule has 0 fully saturated rings. The quantitative estimate of drug-likeness (QED) is 0.533. The van der Waals surface area contributed by atoms with Gasteiger partial charge in [0.25, 0.3) is 0 Å². The zero-order chi connectivity index (χ0) is 17.9. The van der Waals surface area contributed by atoms with E-state index >= 15 is 0 Å². The van der Waals surface area contributed by atoms with Crippen molar-refractivity contribution in [2.45, 2.75) is 65.7 Å². The van der Waals surface area contributed by atoms with E-state index in [1.807, 2.05) is 40.4 Å². The molecule has 0 bridgehead atoms. The lowest BCUT2D eigenvalue weighted by atomic mass is 10.2. The number of carbonyl (C=O) groups excluding carboxylic acids is 1. The van der Waals surface area contributed by atoms with Crippen LogP contribution >= 0.6 is 0 Å². The van der Waals surface area contributed by atoms with E-state index in [0.29, 0.717) is 26.4 Å². The van der Waals surface area contributed by atoms with E-state index in [4.69, 9.17) is 17.7 Å². The van der Waals surface area contributed by atoms with E-state index < -0.39 is 17.1 Å². The summed E-state index contributed by atoms with van der Waals surface area (Å²) in [4.78, 5) is 11.8. The van der Waals surface area contributed by atoms with Gasteiger partial charge in [0.15, 0.2) is 0 Å². The zero-order valence-corrected chi connectivity index (χ0v) is 17.9. The molecule has 23 heavy (non-hydrogen) atoms. The first-order chi connectivity index (χ1) is 10.7. The summed E-state index contributed by atoms with van der Waals surface area (Å²) in [5.41, 5.74) is 0.162. The second kappa shape index (κ2) is 11.2. The molecule has 0 rings (SSSR count). The van der Waals surface area contributed by atoms with Crippen LogP contribution in [0.25, 0.3) is 0 Å². The molecule has 0 aromatic heterocycles. The van der Waals surface area contributed by atoms with E-state index in [9.17, 15) is 4.79 Å². The molecule has 0 saturated heterocycles. The lowest BCUT2D eigenvalue weighted by molar-refractivity contribution is 0.0591. The van der Waals surface area contributed by atoms with Crippen molar-refractivity contribution in [3.63, 3.8) is 0 Å². The van der Waals surface area contributed by atoms with Crippen molar-refractivity contribution in [2.24, 2.45) is 0 Å². The Balaban J connectivity index is 4.71. The average Bonchev–Trinajstić information content (AvgIpc) is 2.42. The maximum atomic E-state index is 11.8. The Bertz CT molecular complexity index is 319. The third-order valence-corrected chi connectivity index (χ3v) is 7.76. The Morgan fingerprint density at radius 2 is 1.43 bits per heavy atom. The summed E-state index contributed by atoms with van der Waals surface area (Å²) in [6.45, 7) is 16.1. The van der Waals surface area contributed by atoms with Crippen molar-refractivity contribution in [3.8, 4) is 0 Å². The van der Waals surface area contributed by atoms with Crippen molar-refractivity contribution >= 4 is 23.2 Å². The molecular weight excluding hydrogens is 330 g/mol. The monoisotopic (exact) mass is 365 g/mol. The van der Waals surface area contributed by atoms with Gasteiger partial charge in [-0.15, -0.1) is 0 Å². The van der Waals surface area contributed by atoms with Gasteiger partial charge in [0, 0.05) is 31.9 Å². The maximum Gasteiger partial charge on any atom is 0.504 e. The van der Waals surface area contributed by atoms with Gasteiger partial charge in [-0.1, -0.05) is 6.92 Å². The lowest BCUT2D eigenvalue weighted by Crippen LogP contribution is -2.51. The molecule has 0 aromatic carbocycles. The summed E-state index contributed by atoms with van der Waals surface area (Å²) in [5.74, 6) is 0. The van der Waals surface area contributed by atoms with Gasteiger partial charge in [0.2, 0.25) is 8.32 Å². The third-order valence-electron chi connectivity index (χ3n) is 3.19. The first-order valence-electron chi connectivity index (χ1n) is 8.63. The smallest absolute Gasteiger partial charge is 0.504 e. The molecule has 1 unspecified atom stereocenters. The van der Waals surface area contributed by atoms with E-state index in [1.165, 1.54) is 0 Å². The van der Waals surface area contributed by atoms with Gasteiger partial charge in [-0.2, -0.15) is 0 Å². The highest BCUT2D eigenvalue weighted by Gasteiger charge is 2.47. The molecule has 0 aliphatic rings. The first kappa shape index (κ1) is 22.6. The summed E-state index contributed by atoms with van der Waals surface area (Å²) in [6, 6.07) is 0. The summed E-state index contributed by atoms with van der Waals surface area (Å²) < 4.78 is 23.3. The van der Waals surface area contributed by atoms with E-state index in [1.54, 1.807) is 0 Å². The van der Waals surface area contributed by atoms with E-state index in [0.717, 1.165) is 12.8 Å². The van der Waals surface area contributed by atoms with Gasteiger partial charge >= 0.3 is 14.9 Å². The fourth-order valence-corrected chi connectivity index (χ4v) is 6.17. The van der Waals surface area contributed by atoms with Gasteiger partial charge in [-0.3, -0.25) is 0 Å². The Labute approximate surface area is 143 Å². The number of nitrogens with one attached hydrogen (secondary N) is 1. The van der Waals surface area contributed by atoms with Crippen LogP contribution in [-0.2, 0) is 17.7 Å². The number of amides is 1. The van der Waals surface area contributed by atoms with Crippen LogP contribution in [0.15, 0.2) is 0 Å². The van der Waals surface area contributed by atoms with Crippen molar-refractivity contribution in [2.75, 3.05) is 26.4 Å². The van der Waals surface area contributed by atoms with Crippen molar-refractivity contribution in [3.05, 3.63) is 0 Å². The van der Waals surface area contributed by atoms with Crippen LogP contribution in [0, 0.1) is 0 Å². The Morgan fingerprint density at radius 3 is 1.78 bits per heavy atom. The van der Waals surface area contributed by atoms with Crippen LogP contribution < -0.4 is 5.32 Å². The van der Waals surface area contributed by atoms with Gasteiger partial charge < -0.3 is 23.0 Å². The topological polar surface area (TPSA) is 66.0 Å². The van der Waals surface area contributed by atoms with Crippen LogP contribution in [0.2, 0.25) is 25.2 Å². The van der Waals surface area contributed by atoms with Crippen LogP contribution in [0.4, 0.5) is 4.79 Å². The fourth-order valence-electron chi connectivity index (χ4n) is 2.38. The molecule has 0 aromatic rings. The summed E-state index contributed by atoms with van der Waals surface area (Å²) >= 11 is 0. The molecule has 138 valence electrons. The lowest BCUT2D eigenvalue weighted by Gasteiger charge is -2.35. The van der Waals surface area contributed by atoms with Gasteiger partial charge in [0.05, 0.1) is 0 Å². The predicted octanol–water partition coefficient (Wildman–Crippen LogP) is 3.77. The summed E-state index contributed by atoms with van der Waals surface area (Å²) in [5, 5.41) is 2.83. The molecule has 0 aliphatic carbocycles. The van der Waals surface area contributed by atoms with Gasteiger partial charge in [-0.05, 0) is 53.3 Å². The van der Waals surface area contributed by atoms with Crippen LogP contribution in [0.5, 0.6) is 0 Å².